The van der Waals surface area contributed by atoms with E-state index in [1.807, 2.05) is 0 Å². The first-order valence-corrected chi connectivity index (χ1v) is 10.2. The first kappa shape index (κ1) is 19.4. The van der Waals surface area contributed by atoms with Gasteiger partial charge in [0.05, 0.1) is 0 Å². The van der Waals surface area contributed by atoms with Crippen LogP contribution in [0, 0.1) is 0 Å². The fraction of sp³-hybridized carbons (Fsp3) is 0.800. The first-order chi connectivity index (χ1) is 12.4. The summed E-state index contributed by atoms with van der Waals surface area (Å²) in [6, 6.07) is 2.22. The van der Waals surface area contributed by atoms with Crippen molar-refractivity contribution < 1.29 is 0 Å². The molecule has 0 atom stereocenters. The highest BCUT2D eigenvalue weighted by Crippen LogP contribution is 2.27. The van der Waals surface area contributed by atoms with Crippen molar-refractivity contribution in [1.29, 1.82) is 0 Å². The Balaban J connectivity index is 1.83. The molecule has 2 aliphatic heterocycles. The number of piperazine rings is 2. The Morgan fingerprint density at radius 2 is 1.12 bits per heavy atom. The number of hydrogen-bond acceptors (Lipinski definition) is 6. The van der Waals surface area contributed by atoms with Gasteiger partial charge in [0.25, 0.3) is 0 Å². The highest BCUT2D eigenvalue weighted by Gasteiger charge is 2.25. The van der Waals surface area contributed by atoms with Crippen molar-refractivity contribution >= 4 is 11.6 Å². The topological polar surface area (TPSA) is 38.7 Å². The van der Waals surface area contributed by atoms with Crippen molar-refractivity contribution in [2.75, 3.05) is 75.2 Å². The molecule has 2 fully saturated rings. The minimum atomic E-state index is -0.0404. The van der Waals surface area contributed by atoms with Crippen LogP contribution in [0.4, 0.5) is 11.6 Å². The fourth-order valence-electron chi connectivity index (χ4n) is 3.67. The highest BCUT2D eigenvalue weighted by atomic mass is 15.3. The lowest BCUT2D eigenvalue weighted by Gasteiger charge is -2.37. The Kier molecular flexibility index (Phi) is 6.03. The molecule has 146 valence electrons. The Bertz CT molecular complexity index is 538. The second-order valence-electron chi connectivity index (χ2n) is 8.50. The predicted octanol–water partition coefficient (Wildman–Crippen LogP) is 2.06. The molecule has 0 spiro atoms. The Morgan fingerprint density at radius 3 is 1.42 bits per heavy atom. The van der Waals surface area contributed by atoms with Crippen molar-refractivity contribution in [2.45, 2.75) is 40.0 Å². The molecule has 6 heteroatoms. The number of anilines is 2. The molecule has 3 heterocycles. The zero-order chi connectivity index (χ0) is 18.7. The second kappa shape index (κ2) is 8.09. The SMILES string of the molecule is CCN1CCN(c2cc(N3CCN(CC)CC3)nc(C(C)(C)C)n2)CC1. The van der Waals surface area contributed by atoms with Crippen molar-refractivity contribution in [3.8, 4) is 0 Å². The van der Waals surface area contributed by atoms with E-state index in [0.29, 0.717) is 0 Å². The maximum atomic E-state index is 4.96. The number of nitrogens with zero attached hydrogens (tertiary/aromatic N) is 6. The second-order valence-corrected chi connectivity index (χ2v) is 8.50. The average Bonchev–Trinajstić information content (AvgIpc) is 2.67. The predicted molar refractivity (Wildman–Crippen MR) is 109 cm³/mol. The fourth-order valence-corrected chi connectivity index (χ4v) is 3.67. The van der Waals surface area contributed by atoms with Gasteiger partial charge in [-0.3, -0.25) is 0 Å². The minimum Gasteiger partial charge on any atom is -0.354 e. The summed E-state index contributed by atoms with van der Waals surface area (Å²) in [5.74, 6) is 3.17. The molecule has 1 aromatic rings. The number of hydrogen-bond donors (Lipinski definition) is 0. The first-order valence-electron chi connectivity index (χ1n) is 10.2. The Morgan fingerprint density at radius 1 is 0.731 bits per heavy atom. The van der Waals surface area contributed by atoms with Crippen molar-refractivity contribution in [3.05, 3.63) is 11.9 Å². The van der Waals surface area contributed by atoms with Crippen LogP contribution in [0.25, 0.3) is 0 Å². The zero-order valence-electron chi connectivity index (χ0n) is 17.3. The number of rotatable bonds is 4. The van der Waals surface area contributed by atoms with E-state index in [1.165, 1.54) is 0 Å². The summed E-state index contributed by atoms with van der Waals surface area (Å²) in [6.45, 7) is 22.1. The third-order valence-electron chi connectivity index (χ3n) is 5.66. The Hall–Kier alpha value is -1.40. The van der Waals surface area contributed by atoms with Gasteiger partial charge in [0.1, 0.15) is 17.5 Å². The van der Waals surface area contributed by atoms with Gasteiger partial charge in [0.2, 0.25) is 0 Å². The highest BCUT2D eigenvalue weighted by molar-refractivity contribution is 5.52. The summed E-state index contributed by atoms with van der Waals surface area (Å²) in [4.78, 5) is 19.8. The summed E-state index contributed by atoms with van der Waals surface area (Å²) in [5.41, 5.74) is -0.0404. The molecule has 0 unspecified atom stereocenters. The molecule has 2 saturated heterocycles. The van der Waals surface area contributed by atoms with Crippen LogP contribution in [0.15, 0.2) is 6.07 Å². The van der Waals surface area contributed by atoms with Crippen LogP contribution in [0.1, 0.15) is 40.4 Å². The molecule has 0 aromatic carbocycles. The molecule has 26 heavy (non-hydrogen) atoms. The van der Waals surface area contributed by atoms with E-state index in [9.17, 15) is 0 Å². The lowest BCUT2D eigenvalue weighted by molar-refractivity contribution is 0.269. The van der Waals surface area contributed by atoms with E-state index in [2.05, 4.69) is 60.3 Å². The van der Waals surface area contributed by atoms with E-state index in [-0.39, 0.29) is 5.41 Å². The zero-order valence-corrected chi connectivity index (χ0v) is 17.3. The van der Waals surface area contributed by atoms with Gasteiger partial charge in [0.15, 0.2) is 0 Å². The van der Waals surface area contributed by atoms with E-state index >= 15 is 0 Å². The largest absolute Gasteiger partial charge is 0.354 e. The van der Waals surface area contributed by atoms with Gasteiger partial charge in [-0.1, -0.05) is 34.6 Å². The van der Waals surface area contributed by atoms with Crippen molar-refractivity contribution in [2.24, 2.45) is 0 Å². The normalized spacial score (nSPS) is 20.7. The molecule has 0 bridgehead atoms. The van der Waals surface area contributed by atoms with Crippen molar-refractivity contribution in [1.82, 2.24) is 19.8 Å². The van der Waals surface area contributed by atoms with Gasteiger partial charge >= 0.3 is 0 Å². The van der Waals surface area contributed by atoms with Crippen molar-refractivity contribution in [3.63, 3.8) is 0 Å². The summed E-state index contributed by atoms with van der Waals surface area (Å²) in [5, 5.41) is 0. The molecule has 2 aliphatic rings. The standard InChI is InChI=1S/C20H36N6/c1-6-23-8-12-25(13-9-23)17-16-18(22-19(21-17)20(3,4)5)26-14-10-24(7-2)11-15-26/h16H,6-15H2,1-5H3. The van der Waals surface area contributed by atoms with Crippen LogP contribution in [-0.2, 0) is 5.41 Å². The van der Waals surface area contributed by atoms with E-state index in [4.69, 9.17) is 9.97 Å². The number of likely N-dealkylation sites (N-methyl/N-ethyl adjacent to an activating group) is 2. The third-order valence-corrected chi connectivity index (χ3v) is 5.66. The van der Waals surface area contributed by atoms with E-state index < -0.39 is 0 Å². The van der Waals surface area contributed by atoms with E-state index in [1.54, 1.807) is 0 Å². The quantitative estimate of drug-likeness (QED) is 0.818. The van der Waals surface area contributed by atoms with Crippen LogP contribution >= 0.6 is 0 Å². The third kappa shape index (κ3) is 4.46. The van der Waals surface area contributed by atoms with Gasteiger partial charge in [-0.2, -0.15) is 0 Å². The maximum Gasteiger partial charge on any atom is 0.138 e. The van der Waals surface area contributed by atoms with Crippen LogP contribution in [0.2, 0.25) is 0 Å². The Labute approximate surface area is 159 Å². The van der Waals surface area contributed by atoms with Gasteiger partial charge in [-0.15, -0.1) is 0 Å². The summed E-state index contributed by atoms with van der Waals surface area (Å²) in [7, 11) is 0. The van der Waals surface area contributed by atoms with Crippen LogP contribution in [0.3, 0.4) is 0 Å². The van der Waals surface area contributed by atoms with E-state index in [0.717, 1.165) is 82.9 Å². The molecule has 0 amide bonds. The average molecular weight is 361 g/mol. The van der Waals surface area contributed by atoms with Gasteiger partial charge in [0, 0.05) is 63.8 Å². The van der Waals surface area contributed by atoms with Gasteiger partial charge in [-0.25, -0.2) is 9.97 Å². The van der Waals surface area contributed by atoms with Gasteiger partial charge < -0.3 is 19.6 Å². The molecule has 0 saturated carbocycles. The number of aromatic nitrogens is 2. The summed E-state index contributed by atoms with van der Waals surface area (Å²) >= 11 is 0. The summed E-state index contributed by atoms with van der Waals surface area (Å²) in [6.07, 6.45) is 0. The molecule has 1 aromatic heterocycles. The molecule has 0 N–H and O–H groups in total. The minimum absolute atomic E-state index is 0.0404. The lowest BCUT2D eigenvalue weighted by atomic mass is 9.95. The van der Waals surface area contributed by atoms with Crippen LogP contribution < -0.4 is 9.80 Å². The monoisotopic (exact) mass is 360 g/mol. The molecular weight excluding hydrogens is 324 g/mol. The maximum absolute atomic E-state index is 4.96. The smallest absolute Gasteiger partial charge is 0.138 e. The van der Waals surface area contributed by atoms with Crippen LogP contribution in [0.5, 0.6) is 0 Å². The molecule has 3 rings (SSSR count). The molecule has 0 radical (unpaired) electrons. The lowest BCUT2D eigenvalue weighted by Crippen LogP contribution is -2.47. The molecule has 0 aliphatic carbocycles. The molecular formula is C20H36N6. The summed E-state index contributed by atoms with van der Waals surface area (Å²) < 4.78 is 0. The van der Waals surface area contributed by atoms with Crippen LogP contribution in [-0.4, -0.2) is 85.2 Å². The molecule has 6 nitrogen and oxygen atoms in total. The van der Waals surface area contributed by atoms with Gasteiger partial charge in [-0.05, 0) is 13.1 Å².